The number of hydrogen-bond acceptors (Lipinski definition) is 2. The van der Waals surface area contributed by atoms with Crippen LogP contribution in [0.2, 0.25) is 0 Å². The SMILES string of the molecule is C[C@]12CCC3C(CC[C@H]4CCCC[C@]34C)C1CCC2[C@@H](O)CO. The van der Waals surface area contributed by atoms with E-state index in [1.54, 1.807) is 0 Å². The lowest BCUT2D eigenvalue weighted by Gasteiger charge is -2.60. The molecule has 0 heterocycles. The van der Waals surface area contributed by atoms with Crippen LogP contribution in [0.3, 0.4) is 0 Å². The van der Waals surface area contributed by atoms with Gasteiger partial charge in [-0.15, -0.1) is 0 Å². The van der Waals surface area contributed by atoms with Gasteiger partial charge in [-0.25, -0.2) is 0 Å². The quantitative estimate of drug-likeness (QED) is 0.792. The van der Waals surface area contributed by atoms with Crippen molar-refractivity contribution in [1.82, 2.24) is 0 Å². The fraction of sp³-hybridized carbons (Fsp3) is 1.00. The predicted octanol–water partition coefficient (Wildman–Crippen LogP) is 4.39. The maximum absolute atomic E-state index is 10.3. The highest BCUT2D eigenvalue weighted by molar-refractivity contribution is 5.09. The summed E-state index contributed by atoms with van der Waals surface area (Å²) in [5, 5.41) is 19.8. The number of aliphatic hydroxyl groups excluding tert-OH is 2. The average Bonchev–Trinajstić information content (AvgIpc) is 2.91. The molecule has 4 aliphatic rings. The van der Waals surface area contributed by atoms with Gasteiger partial charge in [0.05, 0.1) is 12.7 Å². The van der Waals surface area contributed by atoms with Crippen LogP contribution in [0.25, 0.3) is 0 Å². The third-order valence-electron chi connectivity index (χ3n) is 9.31. The summed E-state index contributed by atoms with van der Waals surface area (Å²) in [5.41, 5.74) is 0.886. The number of fused-ring (bicyclic) bond motifs is 5. The molecule has 2 nitrogen and oxygen atoms in total. The summed E-state index contributed by atoms with van der Waals surface area (Å²) >= 11 is 0. The number of rotatable bonds is 2. The second-order valence-corrected chi connectivity index (χ2v) is 9.88. The Morgan fingerprint density at radius 3 is 2.43 bits per heavy atom. The third-order valence-corrected chi connectivity index (χ3v) is 9.31. The van der Waals surface area contributed by atoms with Gasteiger partial charge in [-0.1, -0.05) is 26.7 Å². The van der Waals surface area contributed by atoms with Crippen molar-refractivity contribution in [3.05, 3.63) is 0 Å². The zero-order valence-electron chi connectivity index (χ0n) is 15.1. The van der Waals surface area contributed by atoms with Gasteiger partial charge in [-0.3, -0.25) is 0 Å². The fourth-order valence-corrected chi connectivity index (χ4v) is 8.10. The molecule has 0 bridgehead atoms. The Bertz CT molecular complexity index is 449. The van der Waals surface area contributed by atoms with Crippen LogP contribution in [0.4, 0.5) is 0 Å². The zero-order chi connectivity index (χ0) is 16.2. The van der Waals surface area contributed by atoms with Crippen LogP contribution in [0.1, 0.15) is 78.1 Å². The molecule has 0 spiro atoms. The summed E-state index contributed by atoms with van der Waals surface area (Å²) in [4.78, 5) is 0. The molecule has 2 heteroatoms. The van der Waals surface area contributed by atoms with E-state index in [0.717, 1.165) is 30.1 Å². The van der Waals surface area contributed by atoms with Crippen molar-refractivity contribution < 1.29 is 10.2 Å². The monoisotopic (exact) mass is 320 g/mol. The second-order valence-electron chi connectivity index (χ2n) is 9.88. The highest BCUT2D eigenvalue weighted by atomic mass is 16.3. The van der Waals surface area contributed by atoms with Crippen LogP contribution in [-0.2, 0) is 0 Å². The van der Waals surface area contributed by atoms with Crippen LogP contribution in [-0.4, -0.2) is 22.9 Å². The van der Waals surface area contributed by atoms with Crippen LogP contribution in [0, 0.1) is 40.4 Å². The summed E-state index contributed by atoms with van der Waals surface area (Å²) in [5.74, 6) is 3.94. The Balaban J connectivity index is 1.60. The molecule has 8 atom stereocenters. The van der Waals surface area contributed by atoms with Gasteiger partial charge in [-0.05, 0) is 91.8 Å². The Labute approximate surface area is 142 Å². The van der Waals surface area contributed by atoms with E-state index in [9.17, 15) is 10.2 Å². The minimum atomic E-state index is -0.497. The lowest BCUT2D eigenvalue weighted by atomic mass is 9.45. The second kappa shape index (κ2) is 5.73. The Hall–Kier alpha value is -0.0800. The van der Waals surface area contributed by atoms with E-state index >= 15 is 0 Å². The van der Waals surface area contributed by atoms with E-state index in [1.807, 2.05) is 0 Å². The van der Waals surface area contributed by atoms with Crippen LogP contribution in [0.5, 0.6) is 0 Å². The van der Waals surface area contributed by atoms with Crippen molar-refractivity contribution in [1.29, 1.82) is 0 Å². The molecule has 0 saturated heterocycles. The van der Waals surface area contributed by atoms with E-state index in [1.165, 1.54) is 57.8 Å². The summed E-state index contributed by atoms with van der Waals surface area (Å²) in [6.07, 6.45) is 13.3. The smallest absolute Gasteiger partial charge is 0.0804 e. The Morgan fingerprint density at radius 1 is 0.870 bits per heavy atom. The van der Waals surface area contributed by atoms with Gasteiger partial charge in [0.1, 0.15) is 0 Å². The van der Waals surface area contributed by atoms with Crippen molar-refractivity contribution in [3.63, 3.8) is 0 Å². The van der Waals surface area contributed by atoms with E-state index in [0.29, 0.717) is 11.3 Å². The molecule has 4 fully saturated rings. The molecule has 0 radical (unpaired) electrons. The first-order chi connectivity index (χ1) is 11.0. The molecule has 4 saturated carbocycles. The Kier molecular flexibility index (Phi) is 4.08. The molecule has 0 amide bonds. The summed E-state index contributed by atoms with van der Waals surface area (Å²) in [6.45, 7) is 5.02. The standard InChI is InChI=1S/C21H36O2/c1-20-11-4-3-5-14(20)6-7-15-16-8-9-18(19(23)13-22)21(16,2)12-10-17(15)20/h14-19,22-23H,3-13H2,1-2H3/t14-,15?,16?,17?,18?,19+,20+,21+/m1/s1. The Morgan fingerprint density at radius 2 is 1.65 bits per heavy atom. The minimum absolute atomic E-state index is 0.0547. The molecule has 0 aromatic carbocycles. The molecule has 4 unspecified atom stereocenters. The van der Waals surface area contributed by atoms with Crippen LogP contribution >= 0.6 is 0 Å². The summed E-state index contributed by atoms with van der Waals surface area (Å²) in [7, 11) is 0. The molecule has 2 N–H and O–H groups in total. The molecule has 0 aliphatic heterocycles. The lowest BCUT2D eigenvalue weighted by Crippen LogP contribution is -2.53. The van der Waals surface area contributed by atoms with E-state index in [-0.39, 0.29) is 12.0 Å². The molecular weight excluding hydrogens is 284 g/mol. The van der Waals surface area contributed by atoms with Crippen LogP contribution < -0.4 is 0 Å². The van der Waals surface area contributed by atoms with Crippen molar-refractivity contribution in [2.75, 3.05) is 6.61 Å². The lowest BCUT2D eigenvalue weighted by molar-refractivity contribution is -0.122. The van der Waals surface area contributed by atoms with E-state index in [2.05, 4.69) is 13.8 Å². The van der Waals surface area contributed by atoms with Gasteiger partial charge in [0.15, 0.2) is 0 Å². The van der Waals surface area contributed by atoms with Gasteiger partial charge in [0.2, 0.25) is 0 Å². The molecule has 4 rings (SSSR count). The highest BCUT2D eigenvalue weighted by Crippen LogP contribution is 2.67. The number of aliphatic hydroxyl groups is 2. The largest absolute Gasteiger partial charge is 0.394 e. The first-order valence-electron chi connectivity index (χ1n) is 10.3. The maximum atomic E-state index is 10.3. The minimum Gasteiger partial charge on any atom is -0.394 e. The zero-order valence-corrected chi connectivity index (χ0v) is 15.1. The molecular formula is C21H36O2. The average molecular weight is 321 g/mol. The molecule has 4 aliphatic carbocycles. The molecule has 0 aromatic heterocycles. The highest BCUT2D eigenvalue weighted by Gasteiger charge is 2.60. The molecule has 0 aromatic rings. The molecule has 23 heavy (non-hydrogen) atoms. The maximum Gasteiger partial charge on any atom is 0.0804 e. The van der Waals surface area contributed by atoms with Gasteiger partial charge in [0.25, 0.3) is 0 Å². The third kappa shape index (κ3) is 2.27. The number of hydrogen-bond donors (Lipinski definition) is 2. The predicted molar refractivity (Wildman–Crippen MR) is 92.9 cm³/mol. The first-order valence-corrected chi connectivity index (χ1v) is 10.3. The van der Waals surface area contributed by atoms with Gasteiger partial charge < -0.3 is 10.2 Å². The van der Waals surface area contributed by atoms with Gasteiger partial charge in [-0.2, -0.15) is 0 Å². The van der Waals surface area contributed by atoms with Gasteiger partial charge in [0, 0.05) is 0 Å². The van der Waals surface area contributed by atoms with Crippen molar-refractivity contribution in [3.8, 4) is 0 Å². The van der Waals surface area contributed by atoms with Crippen LogP contribution in [0.15, 0.2) is 0 Å². The van der Waals surface area contributed by atoms with Crippen molar-refractivity contribution in [2.45, 2.75) is 84.2 Å². The summed E-state index contributed by atoms with van der Waals surface area (Å²) in [6, 6.07) is 0. The van der Waals surface area contributed by atoms with Gasteiger partial charge >= 0.3 is 0 Å². The normalized spacial score (nSPS) is 54.0. The van der Waals surface area contributed by atoms with E-state index in [4.69, 9.17) is 0 Å². The van der Waals surface area contributed by atoms with Crippen molar-refractivity contribution >= 4 is 0 Å². The summed E-state index contributed by atoms with van der Waals surface area (Å²) < 4.78 is 0. The fourth-order valence-electron chi connectivity index (χ4n) is 8.10. The van der Waals surface area contributed by atoms with Crippen molar-refractivity contribution in [2.24, 2.45) is 40.4 Å². The molecule has 132 valence electrons. The van der Waals surface area contributed by atoms with E-state index < -0.39 is 6.10 Å². The first kappa shape index (κ1) is 16.4. The topological polar surface area (TPSA) is 40.5 Å².